The maximum absolute atomic E-state index is 12.8. The average molecular weight is 300 g/mol. The smallest absolute Gasteiger partial charge is 0.398 e. The van der Waals surface area contributed by atoms with E-state index in [1.54, 1.807) is 4.90 Å². The molecule has 1 aliphatic rings. The van der Waals surface area contributed by atoms with Crippen LogP contribution in [0.5, 0.6) is 0 Å². The predicted octanol–water partition coefficient (Wildman–Crippen LogP) is 3.55. The summed E-state index contributed by atoms with van der Waals surface area (Å²) in [4.78, 5) is 14.0. The molecule has 0 atom stereocenters. The second-order valence-electron chi connectivity index (χ2n) is 5.44. The Bertz CT molecular complexity index is 524. The van der Waals surface area contributed by atoms with E-state index >= 15 is 0 Å². The fourth-order valence-corrected chi connectivity index (χ4v) is 2.43. The van der Waals surface area contributed by atoms with Crippen LogP contribution in [0.1, 0.15) is 42.1 Å². The summed E-state index contributed by atoms with van der Waals surface area (Å²) < 4.78 is 38.3. The molecule has 21 heavy (non-hydrogen) atoms. The van der Waals surface area contributed by atoms with Crippen molar-refractivity contribution in [1.29, 1.82) is 0 Å². The van der Waals surface area contributed by atoms with Gasteiger partial charge in [-0.25, -0.2) is 0 Å². The fourth-order valence-electron chi connectivity index (χ4n) is 2.43. The lowest BCUT2D eigenvalue weighted by Gasteiger charge is -2.32. The Hall–Kier alpha value is -1.72. The summed E-state index contributed by atoms with van der Waals surface area (Å²) in [5, 5.41) is 0. The molecule has 0 aromatic heterocycles. The molecule has 0 bridgehead atoms. The first-order valence-electron chi connectivity index (χ1n) is 7.09. The normalized spacial score (nSPS) is 15.6. The third-order valence-corrected chi connectivity index (χ3v) is 3.98. The minimum atomic E-state index is -4.48. The number of nitrogens with zero attached hydrogens (tertiary/aromatic N) is 1. The minimum absolute atomic E-state index is 0.0639. The van der Waals surface area contributed by atoms with Crippen LogP contribution in [-0.2, 0) is 6.18 Å². The van der Waals surface area contributed by atoms with Crippen molar-refractivity contribution in [2.24, 2.45) is 5.92 Å². The molecule has 0 unspecified atom stereocenters. The molecular formula is C15H19F3N2O. The van der Waals surface area contributed by atoms with E-state index in [9.17, 15) is 18.0 Å². The van der Waals surface area contributed by atoms with Crippen LogP contribution in [0.15, 0.2) is 18.2 Å². The molecule has 116 valence electrons. The number of hydrogen-bond acceptors (Lipinski definition) is 2. The molecule has 0 aliphatic heterocycles. The predicted molar refractivity (Wildman–Crippen MR) is 74.8 cm³/mol. The minimum Gasteiger partial charge on any atom is -0.398 e. The third kappa shape index (κ3) is 3.49. The zero-order chi connectivity index (χ0) is 15.6. The molecule has 0 spiro atoms. The maximum Gasteiger partial charge on any atom is 0.416 e. The van der Waals surface area contributed by atoms with Crippen LogP contribution in [0, 0.1) is 5.92 Å². The number of anilines is 1. The fraction of sp³-hybridized carbons (Fsp3) is 0.533. The van der Waals surface area contributed by atoms with Gasteiger partial charge in [0, 0.05) is 18.8 Å². The molecule has 0 saturated heterocycles. The van der Waals surface area contributed by atoms with E-state index in [4.69, 9.17) is 5.73 Å². The number of hydrogen-bond donors (Lipinski definition) is 1. The van der Waals surface area contributed by atoms with E-state index in [-0.39, 0.29) is 11.3 Å². The second-order valence-corrected chi connectivity index (χ2v) is 5.44. The van der Waals surface area contributed by atoms with E-state index in [1.807, 2.05) is 6.92 Å². The van der Waals surface area contributed by atoms with Gasteiger partial charge in [-0.2, -0.15) is 13.2 Å². The molecule has 0 heterocycles. The first-order chi connectivity index (χ1) is 9.82. The van der Waals surface area contributed by atoms with Crippen molar-refractivity contribution < 1.29 is 18.0 Å². The van der Waals surface area contributed by atoms with Crippen LogP contribution in [0.3, 0.4) is 0 Å². The SMILES string of the molecule is CCN(CC1CCC1)C(=O)c1cc(C(F)(F)F)ccc1N. The van der Waals surface area contributed by atoms with E-state index in [2.05, 4.69) is 0 Å². The van der Waals surface area contributed by atoms with Gasteiger partial charge >= 0.3 is 6.18 Å². The summed E-state index contributed by atoms with van der Waals surface area (Å²) in [6, 6.07) is 2.89. The molecule has 2 N–H and O–H groups in total. The van der Waals surface area contributed by atoms with Gasteiger partial charge in [0.2, 0.25) is 0 Å². The quantitative estimate of drug-likeness (QED) is 0.864. The largest absolute Gasteiger partial charge is 0.416 e. The van der Waals surface area contributed by atoms with Gasteiger partial charge in [-0.15, -0.1) is 0 Å². The summed E-state index contributed by atoms with van der Waals surface area (Å²) in [5.41, 5.74) is 4.86. The Morgan fingerprint density at radius 3 is 2.52 bits per heavy atom. The van der Waals surface area contributed by atoms with Crippen molar-refractivity contribution in [3.8, 4) is 0 Å². The van der Waals surface area contributed by atoms with Crippen LogP contribution in [0.4, 0.5) is 18.9 Å². The number of amides is 1. The number of alkyl halides is 3. The highest BCUT2D eigenvalue weighted by Gasteiger charge is 2.32. The molecule has 2 rings (SSSR count). The zero-order valence-electron chi connectivity index (χ0n) is 11.9. The first kappa shape index (κ1) is 15.7. The molecular weight excluding hydrogens is 281 g/mol. The monoisotopic (exact) mass is 300 g/mol. The lowest BCUT2D eigenvalue weighted by atomic mass is 9.85. The van der Waals surface area contributed by atoms with Crippen LogP contribution in [-0.4, -0.2) is 23.9 Å². The topological polar surface area (TPSA) is 46.3 Å². The van der Waals surface area contributed by atoms with Crippen LogP contribution < -0.4 is 5.73 Å². The number of rotatable bonds is 4. The lowest BCUT2D eigenvalue weighted by Crippen LogP contribution is -2.37. The molecule has 3 nitrogen and oxygen atoms in total. The summed E-state index contributed by atoms with van der Waals surface area (Å²) in [5.74, 6) is 0.0360. The highest BCUT2D eigenvalue weighted by molar-refractivity contribution is 5.99. The van der Waals surface area contributed by atoms with Crippen molar-refractivity contribution in [2.45, 2.75) is 32.4 Å². The molecule has 1 fully saturated rings. The van der Waals surface area contributed by atoms with Crippen LogP contribution in [0.2, 0.25) is 0 Å². The molecule has 6 heteroatoms. The average Bonchev–Trinajstić information content (AvgIpc) is 2.36. The molecule has 1 aromatic carbocycles. The number of nitrogens with two attached hydrogens (primary N) is 1. The zero-order valence-corrected chi connectivity index (χ0v) is 11.9. The number of halogens is 3. The summed E-state index contributed by atoms with van der Waals surface area (Å²) in [6.07, 6.45) is -1.18. The van der Waals surface area contributed by atoms with Crippen molar-refractivity contribution in [2.75, 3.05) is 18.8 Å². The Kier molecular flexibility index (Phi) is 4.44. The van der Waals surface area contributed by atoms with Gasteiger partial charge in [0.15, 0.2) is 0 Å². The number of carbonyl (C=O) groups excluding carboxylic acids is 1. The summed E-state index contributed by atoms with van der Waals surface area (Å²) in [7, 11) is 0. The maximum atomic E-state index is 12.8. The number of nitrogen functional groups attached to an aromatic ring is 1. The molecule has 1 amide bonds. The van der Waals surface area contributed by atoms with Gasteiger partial charge < -0.3 is 10.6 Å². The molecule has 1 saturated carbocycles. The van der Waals surface area contributed by atoms with E-state index < -0.39 is 17.6 Å². The van der Waals surface area contributed by atoms with E-state index in [0.29, 0.717) is 19.0 Å². The van der Waals surface area contributed by atoms with E-state index in [1.165, 1.54) is 0 Å². The van der Waals surface area contributed by atoms with Gasteiger partial charge in [0.05, 0.1) is 11.1 Å². The van der Waals surface area contributed by atoms with Crippen molar-refractivity contribution in [3.05, 3.63) is 29.3 Å². The van der Waals surface area contributed by atoms with Gasteiger partial charge in [-0.1, -0.05) is 6.42 Å². The van der Waals surface area contributed by atoms with Gasteiger partial charge in [-0.05, 0) is 43.9 Å². The first-order valence-corrected chi connectivity index (χ1v) is 7.09. The van der Waals surface area contributed by atoms with Gasteiger partial charge in [0.25, 0.3) is 5.91 Å². The Labute approximate surface area is 121 Å². The molecule has 1 aliphatic carbocycles. The van der Waals surface area contributed by atoms with Crippen LogP contribution >= 0.6 is 0 Å². The van der Waals surface area contributed by atoms with Crippen molar-refractivity contribution >= 4 is 11.6 Å². The highest BCUT2D eigenvalue weighted by Crippen LogP contribution is 2.32. The Morgan fingerprint density at radius 1 is 1.38 bits per heavy atom. The summed E-state index contributed by atoms with van der Waals surface area (Å²) >= 11 is 0. The number of carbonyl (C=O) groups is 1. The van der Waals surface area contributed by atoms with E-state index in [0.717, 1.165) is 37.5 Å². The molecule has 0 radical (unpaired) electrons. The second kappa shape index (κ2) is 5.95. The van der Waals surface area contributed by atoms with Crippen LogP contribution in [0.25, 0.3) is 0 Å². The Balaban J connectivity index is 2.23. The van der Waals surface area contributed by atoms with Crippen molar-refractivity contribution in [1.82, 2.24) is 4.90 Å². The van der Waals surface area contributed by atoms with Crippen molar-refractivity contribution in [3.63, 3.8) is 0 Å². The number of benzene rings is 1. The Morgan fingerprint density at radius 2 is 2.05 bits per heavy atom. The molecule has 1 aromatic rings. The highest BCUT2D eigenvalue weighted by atomic mass is 19.4. The van der Waals surface area contributed by atoms with Gasteiger partial charge in [-0.3, -0.25) is 4.79 Å². The van der Waals surface area contributed by atoms with Gasteiger partial charge in [0.1, 0.15) is 0 Å². The standard InChI is InChI=1S/C15H19F3N2O/c1-2-20(9-10-4-3-5-10)14(21)12-8-11(15(16,17)18)6-7-13(12)19/h6-8,10H,2-5,9,19H2,1H3. The summed E-state index contributed by atoms with van der Waals surface area (Å²) in [6.45, 7) is 2.87. The lowest BCUT2D eigenvalue weighted by molar-refractivity contribution is -0.137. The third-order valence-electron chi connectivity index (χ3n) is 3.98.